The average molecular weight is 330 g/mol. The largest absolute Gasteiger partial charge is 0.481 e. The summed E-state index contributed by atoms with van der Waals surface area (Å²) in [6, 6.07) is 13.2. The summed E-state index contributed by atoms with van der Waals surface area (Å²) < 4.78 is 0. The van der Waals surface area contributed by atoms with Crippen LogP contribution in [0.25, 0.3) is 0 Å². The molecule has 1 aromatic heterocycles. The first-order chi connectivity index (χ1) is 11.0. The zero-order valence-corrected chi connectivity index (χ0v) is 14.9. The van der Waals surface area contributed by atoms with Crippen LogP contribution in [0.1, 0.15) is 47.1 Å². The average Bonchev–Trinajstić information content (AvgIpc) is 2.94. The van der Waals surface area contributed by atoms with E-state index in [-0.39, 0.29) is 12.3 Å². The molecule has 1 heterocycles. The van der Waals surface area contributed by atoms with Gasteiger partial charge in [-0.3, -0.25) is 4.79 Å². The van der Waals surface area contributed by atoms with Gasteiger partial charge in [-0.1, -0.05) is 36.8 Å². The van der Waals surface area contributed by atoms with Gasteiger partial charge in [-0.15, -0.1) is 11.3 Å². The highest BCUT2D eigenvalue weighted by molar-refractivity contribution is 7.11. The van der Waals surface area contributed by atoms with Crippen LogP contribution in [0.5, 0.6) is 0 Å². The van der Waals surface area contributed by atoms with Gasteiger partial charge < -0.3 is 5.11 Å². The first kappa shape index (κ1) is 17.7. The Morgan fingerprint density at radius 1 is 1.04 bits per heavy atom. The Morgan fingerprint density at radius 2 is 1.70 bits per heavy atom. The maximum absolute atomic E-state index is 10.7. The Balaban J connectivity index is 1.72. The fraction of sp³-hybridized carbons (Fsp3) is 0.450. The van der Waals surface area contributed by atoms with E-state index in [0.29, 0.717) is 0 Å². The lowest BCUT2D eigenvalue weighted by atomic mass is 10.0. The Bertz CT molecular complexity index is 613. The molecule has 2 aromatic rings. The summed E-state index contributed by atoms with van der Waals surface area (Å²) in [6.07, 6.45) is 5.66. The highest BCUT2D eigenvalue weighted by atomic mass is 32.1. The molecule has 2 rings (SSSR count). The van der Waals surface area contributed by atoms with Gasteiger partial charge in [-0.2, -0.15) is 0 Å². The van der Waals surface area contributed by atoms with Crippen molar-refractivity contribution >= 4 is 17.3 Å². The van der Waals surface area contributed by atoms with Crippen LogP contribution in [0.15, 0.2) is 36.4 Å². The molecule has 0 radical (unpaired) electrons. The Labute approximate surface area is 143 Å². The van der Waals surface area contributed by atoms with Crippen LogP contribution in [0, 0.1) is 12.8 Å². The van der Waals surface area contributed by atoms with Gasteiger partial charge in [0, 0.05) is 16.2 Å². The monoisotopic (exact) mass is 330 g/mol. The SMILES string of the molecule is Cc1ccc(CCCc2ccc(CCC(C)CC(=O)O)s2)cc1. The van der Waals surface area contributed by atoms with Crippen molar-refractivity contribution in [2.24, 2.45) is 5.92 Å². The minimum Gasteiger partial charge on any atom is -0.481 e. The van der Waals surface area contributed by atoms with Crippen LogP contribution in [0.4, 0.5) is 0 Å². The lowest BCUT2D eigenvalue weighted by Crippen LogP contribution is -2.04. The normalized spacial score (nSPS) is 12.3. The number of carboxylic acid groups (broad SMARTS) is 1. The molecule has 0 spiro atoms. The molecule has 1 aromatic carbocycles. The Morgan fingerprint density at radius 3 is 2.35 bits per heavy atom. The maximum atomic E-state index is 10.7. The fourth-order valence-electron chi connectivity index (χ4n) is 2.70. The zero-order valence-electron chi connectivity index (χ0n) is 14.0. The third-order valence-corrected chi connectivity index (χ3v) is 5.34. The molecular formula is C20H26O2S. The van der Waals surface area contributed by atoms with Crippen molar-refractivity contribution in [2.75, 3.05) is 0 Å². The molecule has 0 saturated carbocycles. The van der Waals surface area contributed by atoms with Crippen molar-refractivity contribution in [1.82, 2.24) is 0 Å². The molecule has 1 atom stereocenters. The second kappa shape index (κ2) is 8.88. The van der Waals surface area contributed by atoms with Crippen LogP contribution >= 0.6 is 11.3 Å². The number of hydrogen-bond acceptors (Lipinski definition) is 2. The van der Waals surface area contributed by atoms with E-state index in [1.165, 1.54) is 27.3 Å². The molecule has 3 heteroatoms. The van der Waals surface area contributed by atoms with Crippen LogP contribution in [-0.4, -0.2) is 11.1 Å². The molecule has 0 aliphatic carbocycles. The lowest BCUT2D eigenvalue weighted by Gasteiger charge is -2.06. The van der Waals surface area contributed by atoms with E-state index >= 15 is 0 Å². The van der Waals surface area contributed by atoms with E-state index in [0.717, 1.165) is 25.7 Å². The molecule has 0 aliphatic rings. The van der Waals surface area contributed by atoms with Gasteiger partial charge in [0.25, 0.3) is 0 Å². The first-order valence-corrected chi connectivity index (χ1v) is 9.19. The molecule has 1 unspecified atom stereocenters. The van der Waals surface area contributed by atoms with Gasteiger partial charge in [0.1, 0.15) is 0 Å². The number of thiophene rings is 1. The van der Waals surface area contributed by atoms with Crippen molar-refractivity contribution in [2.45, 2.75) is 52.4 Å². The molecule has 2 nitrogen and oxygen atoms in total. The van der Waals surface area contributed by atoms with Crippen molar-refractivity contribution in [3.05, 3.63) is 57.3 Å². The summed E-state index contributed by atoms with van der Waals surface area (Å²) >= 11 is 1.88. The van der Waals surface area contributed by atoms with E-state index in [4.69, 9.17) is 5.11 Å². The van der Waals surface area contributed by atoms with Crippen LogP contribution < -0.4 is 0 Å². The van der Waals surface area contributed by atoms with Crippen molar-refractivity contribution in [3.63, 3.8) is 0 Å². The van der Waals surface area contributed by atoms with Crippen molar-refractivity contribution < 1.29 is 9.90 Å². The minimum absolute atomic E-state index is 0.250. The van der Waals surface area contributed by atoms with Crippen molar-refractivity contribution in [3.8, 4) is 0 Å². The van der Waals surface area contributed by atoms with Gasteiger partial charge in [-0.25, -0.2) is 0 Å². The molecule has 0 aliphatic heterocycles. The molecule has 0 amide bonds. The van der Waals surface area contributed by atoms with Gasteiger partial charge >= 0.3 is 5.97 Å². The zero-order chi connectivity index (χ0) is 16.7. The summed E-state index contributed by atoms with van der Waals surface area (Å²) in [5.41, 5.74) is 2.73. The van der Waals surface area contributed by atoms with Gasteiger partial charge in [0.2, 0.25) is 0 Å². The molecule has 23 heavy (non-hydrogen) atoms. The number of rotatable bonds is 9. The molecule has 1 N–H and O–H groups in total. The number of carbonyl (C=O) groups is 1. The number of carboxylic acids is 1. The molecule has 124 valence electrons. The van der Waals surface area contributed by atoms with E-state index in [1.807, 2.05) is 18.3 Å². The molecule has 0 fully saturated rings. The Kier molecular flexibility index (Phi) is 6.85. The second-order valence-corrected chi connectivity index (χ2v) is 7.70. The smallest absolute Gasteiger partial charge is 0.303 e. The summed E-state index contributed by atoms with van der Waals surface area (Å²) in [4.78, 5) is 13.5. The number of aliphatic carboxylic acids is 1. The van der Waals surface area contributed by atoms with Crippen LogP contribution in [0.3, 0.4) is 0 Å². The molecule has 0 bridgehead atoms. The van der Waals surface area contributed by atoms with Crippen LogP contribution in [0.2, 0.25) is 0 Å². The third-order valence-electron chi connectivity index (χ3n) is 4.13. The van der Waals surface area contributed by atoms with Gasteiger partial charge in [-0.05, 0) is 62.6 Å². The van der Waals surface area contributed by atoms with Crippen LogP contribution in [-0.2, 0) is 24.1 Å². The quantitative estimate of drug-likeness (QED) is 0.679. The van der Waals surface area contributed by atoms with Crippen molar-refractivity contribution in [1.29, 1.82) is 0 Å². The summed E-state index contributed by atoms with van der Waals surface area (Å²) in [6.45, 7) is 4.14. The standard InChI is InChI=1S/C20H26O2S/c1-15-6-9-17(10-7-15)4-3-5-18-12-13-19(23-18)11-8-16(2)14-20(21)22/h6-7,9-10,12-13,16H,3-5,8,11,14H2,1-2H3,(H,21,22). The fourth-order valence-corrected chi connectivity index (χ4v) is 3.78. The predicted molar refractivity (Wildman–Crippen MR) is 97.3 cm³/mol. The van der Waals surface area contributed by atoms with E-state index < -0.39 is 5.97 Å². The van der Waals surface area contributed by atoms with E-state index in [2.05, 4.69) is 43.3 Å². The highest BCUT2D eigenvalue weighted by Crippen LogP contribution is 2.22. The van der Waals surface area contributed by atoms with Gasteiger partial charge in [0.05, 0.1) is 0 Å². The second-order valence-electron chi connectivity index (χ2n) is 6.45. The van der Waals surface area contributed by atoms with E-state index in [9.17, 15) is 4.79 Å². The topological polar surface area (TPSA) is 37.3 Å². The van der Waals surface area contributed by atoms with Gasteiger partial charge in [0.15, 0.2) is 0 Å². The summed E-state index contributed by atoms with van der Waals surface area (Å²) in [5, 5.41) is 8.79. The lowest BCUT2D eigenvalue weighted by molar-refractivity contribution is -0.138. The maximum Gasteiger partial charge on any atom is 0.303 e. The van der Waals surface area contributed by atoms with E-state index in [1.54, 1.807) is 0 Å². The molecule has 0 saturated heterocycles. The summed E-state index contributed by atoms with van der Waals surface area (Å²) in [5.74, 6) is -0.444. The first-order valence-electron chi connectivity index (χ1n) is 8.38. The number of hydrogen-bond donors (Lipinski definition) is 1. The number of benzene rings is 1. The number of aryl methyl sites for hydroxylation is 4. The summed E-state index contributed by atoms with van der Waals surface area (Å²) in [7, 11) is 0. The minimum atomic E-state index is -0.694. The predicted octanol–water partition coefficient (Wildman–Crippen LogP) is 5.28. The Hall–Kier alpha value is -1.61. The highest BCUT2D eigenvalue weighted by Gasteiger charge is 2.09. The third kappa shape index (κ3) is 6.57. The molecular weight excluding hydrogens is 304 g/mol.